The van der Waals surface area contributed by atoms with Crippen molar-refractivity contribution in [2.75, 3.05) is 11.5 Å². The first-order valence-electron chi connectivity index (χ1n) is 6.29. The summed E-state index contributed by atoms with van der Waals surface area (Å²) in [5, 5.41) is 3.25. The quantitative estimate of drug-likeness (QED) is 0.839. The number of nitrogens with one attached hydrogen (secondary N) is 1. The van der Waals surface area contributed by atoms with Gasteiger partial charge in [-0.15, -0.1) is 0 Å². The molecule has 1 aliphatic rings. The summed E-state index contributed by atoms with van der Waals surface area (Å²) in [4.78, 5) is 10.9. The van der Waals surface area contributed by atoms with Crippen molar-refractivity contribution in [3.05, 3.63) is 35.4 Å². The molecular weight excluding hydrogens is 264 g/mol. The molecular formula is C13H18N2O3S. The highest BCUT2D eigenvalue weighted by molar-refractivity contribution is 7.91. The van der Waals surface area contributed by atoms with E-state index in [1.54, 1.807) is 12.1 Å². The van der Waals surface area contributed by atoms with E-state index in [1.807, 2.05) is 12.1 Å². The van der Waals surface area contributed by atoms with Crippen LogP contribution in [0.3, 0.4) is 0 Å². The minimum atomic E-state index is -2.88. The first-order chi connectivity index (χ1) is 8.96. The Morgan fingerprint density at radius 3 is 2.58 bits per heavy atom. The van der Waals surface area contributed by atoms with Gasteiger partial charge in [0, 0.05) is 18.2 Å². The van der Waals surface area contributed by atoms with Crippen LogP contribution >= 0.6 is 0 Å². The molecule has 1 aliphatic heterocycles. The Labute approximate surface area is 113 Å². The first-order valence-corrected chi connectivity index (χ1v) is 8.11. The normalized spacial score (nSPS) is 22.0. The van der Waals surface area contributed by atoms with Crippen LogP contribution < -0.4 is 11.1 Å². The fraction of sp³-hybridized carbons (Fsp3) is 0.462. The fourth-order valence-electron chi connectivity index (χ4n) is 2.23. The third-order valence-electron chi connectivity index (χ3n) is 3.30. The van der Waals surface area contributed by atoms with Crippen LogP contribution in [0.5, 0.6) is 0 Å². The molecule has 104 valence electrons. The van der Waals surface area contributed by atoms with Gasteiger partial charge in [-0.05, 0) is 30.5 Å². The molecule has 0 bridgehead atoms. The summed E-state index contributed by atoms with van der Waals surface area (Å²) in [5.74, 6) is 0.0723. The largest absolute Gasteiger partial charge is 0.366 e. The maximum atomic E-state index is 11.5. The van der Waals surface area contributed by atoms with Gasteiger partial charge < -0.3 is 11.1 Å². The summed E-state index contributed by atoms with van der Waals surface area (Å²) < 4.78 is 23.0. The number of amides is 1. The number of sulfone groups is 1. The van der Waals surface area contributed by atoms with E-state index in [4.69, 9.17) is 5.73 Å². The van der Waals surface area contributed by atoms with E-state index in [9.17, 15) is 13.2 Å². The van der Waals surface area contributed by atoms with E-state index < -0.39 is 15.7 Å². The highest BCUT2D eigenvalue weighted by Crippen LogP contribution is 2.13. The van der Waals surface area contributed by atoms with Crippen molar-refractivity contribution < 1.29 is 13.2 Å². The van der Waals surface area contributed by atoms with Gasteiger partial charge >= 0.3 is 0 Å². The third-order valence-corrected chi connectivity index (χ3v) is 5.12. The maximum absolute atomic E-state index is 11.5. The predicted molar refractivity (Wildman–Crippen MR) is 73.5 cm³/mol. The lowest BCUT2D eigenvalue weighted by Gasteiger charge is -2.23. The van der Waals surface area contributed by atoms with Crippen LogP contribution in [-0.2, 0) is 16.4 Å². The molecule has 5 nitrogen and oxygen atoms in total. The second-order valence-corrected chi connectivity index (χ2v) is 7.12. The Morgan fingerprint density at radius 2 is 2.00 bits per heavy atom. The van der Waals surface area contributed by atoms with Crippen molar-refractivity contribution in [3.63, 3.8) is 0 Å². The van der Waals surface area contributed by atoms with Crippen LogP contribution in [0, 0.1) is 0 Å². The standard InChI is InChI=1S/C13H18N2O3S/c14-13(16)11-5-3-10(4-6-11)8-15-12-2-1-7-19(17,18)9-12/h3-6,12,15H,1-2,7-9H2,(H2,14,16). The number of primary amides is 1. The monoisotopic (exact) mass is 282 g/mol. The van der Waals surface area contributed by atoms with E-state index in [2.05, 4.69) is 5.32 Å². The predicted octanol–water partition coefficient (Wildman–Crippen LogP) is 0.452. The summed E-state index contributed by atoms with van der Waals surface area (Å²) in [5.41, 5.74) is 6.65. The molecule has 1 aromatic rings. The van der Waals surface area contributed by atoms with Crippen LogP contribution in [0.4, 0.5) is 0 Å². The summed E-state index contributed by atoms with van der Waals surface area (Å²) in [6.07, 6.45) is 1.61. The van der Waals surface area contributed by atoms with Crippen molar-refractivity contribution in [2.45, 2.75) is 25.4 Å². The molecule has 1 atom stereocenters. The third kappa shape index (κ3) is 4.04. The Morgan fingerprint density at radius 1 is 1.32 bits per heavy atom. The molecule has 19 heavy (non-hydrogen) atoms. The summed E-state index contributed by atoms with van der Waals surface area (Å²) >= 11 is 0. The Hall–Kier alpha value is -1.40. The lowest BCUT2D eigenvalue weighted by atomic mass is 10.1. The number of hydrogen-bond acceptors (Lipinski definition) is 4. The van der Waals surface area contributed by atoms with Crippen molar-refractivity contribution in [1.29, 1.82) is 0 Å². The molecule has 1 fully saturated rings. The summed E-state index contributed by atoms with van der Waals surface area (Å²) in [6, 6.07) is 7.03. The van der Waals surface area contributed by atoms with Gasteiger partial charge in [-0.25, -0.2) is 8.42 Å². The number of rotatable bonds is 4. The maximum Gasteiger partial charge on any atom is 0.248 e. The van der Waals surface area contributed by atoms with Crippen molar-refractivity contribution in [1.82, 2.24) is 5.32 Å². The zero-order valence-electron chi connectivity index (χ0n) is 10.6. The highest BCUT2D eigenvalue weighted by atomic mass is 32.2. The zero-order valence-corrected chi connectivity index (χ0v) is 11.4. The van der Waals surface area contributed by atoms with Crippen LogP contribution in [0.1, 0.15) is 28.8 Å². The summed E-state index contributed by atoms with van der Waals surface area (Å²) in [7, 11) is -2.88. The second kappa shape index (κ2) is 5.71. The average Bonchev–Trinajstić information content (AvgIpc) is 2.36. The van der Waals surface area contributed by atoms with Gasteiger partial charge in [0.2, 0.25) is 5.91 Å². The Balaban J connectivity index is 1.90. The van der Waals surface area contributed by atoms with Gasteiger partial charge in [-0.1, -0.05) is 12.1 Å². The number of benzene rings is 1. The SMILES string of the molecule is NC(=O)c1ccc(CNC2CCCS(=O)(=O)C2)cc1. The molecule has 2 rings (SSSR count). The van der Waals surface area contributed by atoms with Gasteiger partial charge in [-0.2, -0.15) is 0 Å². The molecule has 3 N–H and O–H groups in total. The Bertz CT molecular complexity index is 552. The van der Waals surface area contributed by atoms with E-state index >= 15 is 0 Å². The molecule has 1 aromatic carbocycles. The molecule has 0 spiro atoms. The summed E-state index contributed by atoms with van der Waals surface area (Å²) in [6.45, 7) is 0.596. The van der Waals surface area contributed by atoms with Crippen molar-refractivity contribution >= 4 is 15.7 Å². The topological polar surface area (TPSA) is 89.3 Å². The van der Waals surface area contributed by atoms with Gasteiger partial charge in [-0.3, -0.25) is 4.79 Å². The van der Waals surface area contributed by atoms with Crippen LogP contribution in [0.2, 0.25) is 0 Å². The Kier molecular flexibility index (Phi) is 4.21. The molecule has 1 amide bonds. The van der Waals surface area contributed by atoms with Gasteiger partial charge in [0.15, 0.2) is 9.84 Å². The molecule has 1 saturated heterocycles. The number of hydrogen-bond donors (Lipinski definition) is 2. The first kappa shape index (κ1) is 14.0. The van der Waals surface area contributed by atoms with Gasteiger partial charge in [0.25, 0.3) is 0 Å². The second-order valence-electron chi connectivity index (χ2n) is 4.90. The number of nitrogens with two attached hydrogens (primary N) is 1. The van der Waals surface area contributed by atoms with Crippen LogP contribution in [-0.4, -0.2) is 31.9 Å². The lowest BCUT2D eigenvalue weighted by molar-refractivity contribution is 0.100. The molecule has 1 heterocycles. The fourth-order valence-corrected chi connectivity index (χ4v) is 3.90. The van der Waals surface area contributed by atoms with Crippen molar-refractivity contribution in [3.8, 4) is 0 Å². The van der Waals surface area contributed by atoms with E-state index in [1.165, 1.54) is 0 Å². The van der Waals surface area contributed by atoms with Gasteiger partial charge in [0.05, 0.1) is 11.5 Å². The molecule has 0 aliphatic carbocycles. The minimum Gasteiger partial charge on any atom is -0.366 e. The highest BCUT2D eigenvalue weighted by Gasteiger charge is 2.23. The number of carbonyl (C=O) groups is 1. The molecule has 0 aromatic heterocycles. The molecule has 1 unspecified atom stereocenters. The van der Waals surface area contributed by atoms with Crippen molar-refractivity contribution in [2.24, 2.45) is 5.73 Å². The van der Waals surface area contributed by atoms with Gasteiger partial charge in [0.1, 0.15) is 0 Å². The zero-order chi connectivity index (χ0) is 13.9. The van der Waals surface area contributed by atoms with E-state index in [0.29, 0.717) is 17.9 Å². The molecule has 6 heteroatoms. The molecule has 0 radical (unpaired) electrons. The van der Waals surface area contributed by atoms with E-state index in [-0.39, 0.29) is 11.8 Å². The smallest absolute Gasteiger partial charge is 0.248 e. The molecule has 0 saturated carbocycles. The van der Waals surface area contributed by atoms with Crippen LogP contribution in [0.25, 0.3) is 0 Å². The minimum absolute atomic E-state index is 0.0227. The average molecular weight is 282 g/mol. The number of carbonyl (C=O) groups excluding carboxylic acids is 1. The van der Waals surface area contributed by atoms with E-state index in [0.717, 1.165) is 18.4 Å². The van der Waals surface area contributed by atoms with Crippen LogP contribution in [0.15, 0.2) is 24.3 Å². The lowest BCUT2D eigenvalue weighted by Crippen LogP contribution is -2.39.